The van der Waals surface area contributed by atoms with Crippen LogP contribution >= 0.6 is 0 Å². The highest BCUT2D eigenvalue weighted by atomic mass is 19.1. The van der Waals surface area contributed by atoms with Crippen LogP contribution in [0.1, 0.15) is 30.4 Å². The van der Waals surface area contributed by atoms with E-state index in [0.29, 0.717) is 17.8 Å². The van der Waals surface area contributed by atoms with Crippen molar-refractivity contribution in [2.24, 2.45) is 0 Å². The lowest BCUT2D eigenvalue weighted by molar-refractivity contribution is 0.611. The van der Waals surface area contributed by atoms with Crippen molar-refractivity contribution in [2.75, 3.05) is 0 Å². The van der Waals surface area contributed by atoms with Crippen LogP contribution in [0.25, 0.3) is 0 Å². The Morgan fingerprint density at radius 3 is 2.83 bits per heavy atom. The highest BCUT2D eigenvalue weighted by molar-refractivity contribution is 5.21. The fraction of sp³-hybridized carbons (Fsp3) is 0.286. The summed E-state index contributed by atoms with van der Waals surface area (Å²) in [5.41, 5.74) is 1.11. The van der Waals surface area contributed by atoms with E-state index >= 15 is 0 Å². The average molecular weight is 246 g/mol. The number of rotatable bonds is 4. The number of aryl methyl sites for hydroxylation is 1. The van der Waals surface area contributed by atoms with Crippen molar-refractivity contribution in [3.05, 3.63) is 63.6 Å². The van der Waals surface area contributed by atoms with Crippen molar-refractivity contribution >= 4 is 0 Å². The molecule has 94 valence electrons. The molecule has 1 aromatic carbocycles. The van der Waals surface area contributed by atoms with E-state index in [4.69, 9.17) is 0 Å². The summed E-state index contributed by atoms with van der Waals surface area (Å²) in [6, 6.07) is 8.01. The molecule has 0 amide bonds. The normalized spacial score (nSPS) is 10.6. The van der Waals surface area contributed by atoms with Gasteiger partial charge in [0.15, 0.2) is 0 Å². The zero-order valence-corrected chi connectivity index (χ0v) is 10.2. The van der Waals surface area contributed by atoms with Gasteiger partial charge in [0.05, 0.1) is 0 Å². The molecule has 0 saturated carbocycles. The van der Waals surface area contributed by atoms with Gasteiger partial charge in [-0.1, -0.05) is 31.5 Å². The van der Waals surface area contributed by atoms with Crippen molar-refractivity contribution in [1.29, 1.82) is 0 Å². The second kappa shape index (κ2) is 5.58. The number of aromatic amines is 1. The van der Waals surface area contributed by atoms with Gasteiger partial charge in [-0.15, -0.1) is 0 Å². The van der Waals surface area contributed by atoms with Crippen LogP contribution in [0.15, 0.2) is 35.1 Å². The van der Waals surface area contributed by atoms with E-state index in [1.165, 1.54) is 12.1 Å². The number of hydrogen-bond donors (Lipinski definition) is 1. The molecule has 0 aliphatic rings. The number of hydrogen-bond acceptors (Lipinski definition) is 2. The van der Waals surface area contributed by atoms with Crippen LogP contribution in [0.2, 0.25) is 0 Å². The Labute approximate surface area is 105 Å². The van der Waals surface area contributed by atoms with Crippen LogP contribution in [0, 0.1) is 5.82 Å². The molecule has 0 unspecified atom stereocenters. The standard InChI is InChI=1S/C14H15FN2O/c1-2-5-11-9-14(18)17-13(16-11)8-10-6-3-4-7-12(10)15/h3-4,6-7,9H,2,5,8H2,1H3,(H,16,17,18). The molecular weight excluding hydrogens is 231 g/mol. The first-order valence-corrected chi connectivity index (χ1v) is 6.01. The van der Waals surface area contributed by atoms with Gasteiger partial charge in [-0.05, 0) is 18.1 Å². The molecule has 1 aromatic heterocycles. The molecule has 0 atom stereocenters. The number of benzene rings is 1. The van der Waals surface area contributed by atoms with Gasteiger partial charge >= 0.3 is 0 Å². The topological polar surface area (TPSA) is 45.8 Å². The van der Waals surface area contributed by atoms with Gasteiger partial charge in [0.1, 0.15) is 11.6 Å². The molecule has 18 heavy (non-hydrogen) atoms. The molecule has 4 heteroatoms. The third-order valence-electron chi connectivity index (χ3n) is 2.67. The molecule has 2 rings (SSSR count). The zero-order valence-electron chi connectivity index (χ0n) is 10.2. The lowest BCUT2D eigenvalue weighted by Gasteiger charge is -2.04. The van der Waals surface area contributed by atoms with Crippen molar-refractivity contribution < 1.29 is 4.39 Å². The zero-order chi connectivity index (χ0) is 13.0. The Morgan fingerprint density at radius 1 is 1.33 bits per heavy atom. The average Bonchev–Trinajstić information content (AvgIpc) is 2.32. The summed E-state index contributed by atoms with van der Waals surface area (Å²) in [5.74, 6) is 0.233. The third kappa shape index (κ3) is 3.03. The summed E-state index contributed by atoms with van der Waals surface area (Å²) in [6.07, 6.45) is 1.99. The molecule has 0 fully saturated rings. The molecule has 0 bridgehead atoms. The fourth-order valence-electron chi connectivity index (χ4n) is 1.85. The van der Waals surface area contributed by atoms with E-state index in [9.17, 15) is 9.18 Å². The van der Waals surface area contributed by atoms with Gasteiger partial charge in [-0.25, -0.2) is 9.37 Å². The summed E-state index contributed by atoms with van der Waals surface area (Å²) in [4.78, 5) is 18.5. The third-order valence-corrected chi connectivity index (χ3v) is 2.67. The fourth-order valence-corrected chi connectivity index (χ4v) is 1.85. The molecule has 0 aliphatic carbocycles. The molecule has 3 nitrogen and oxygen atoms in total. The number of nitrogens with zero attached hydrogens (tertiary/aromatic N) is 1. The molecule has 1 heterocycles. The first-order chi connectivity index (χ1) is 8.69. The van der Waals surface area contributed by atoms with Crippen LogP contribution in [0.4, 0.5) is 4.39 Å². The van der Waals surface area contributed by atoms with Crippen LogP contribution < -0.4 is 5.56 Å². The molecule has 0 saturated heterocycles. The first kappa shape index (κ1) is 12.5. The minimum Gasteiger partial charge on any atom is -0.310 e. The van der Waals surface area contributed by atoms with Gasteiger partial charge in [0.25, 0.3) is 5.56 Å². The maximum Gasteiger partial charge on any atom is 0.251 e. The minimum absolute atomic E-state index is 0.181. The van der Waals surface area contributed by atoms with Crippen LogP contribution in [0.3, 0.4) is 0 Å². The van der Waals surface area contributed by atoms with Crippen LogP contribution in [0.5, 0.6) is 0 Å². The quantitative estimate of drug-likeness (QED) is 0.900. The Morgan fingerprint density at radius 2 is 2.11 bits per heavy atom. The maximum atomic E-state index is 13.5. The largest absolute Gasteiger partial charge is 0.310 e. The predicted molar refractivity (Wildman–Crippen MR) is 68.1 cm³/mol. The first-order valence-electron chi connectivity index (χ1n) is 6.01. The van der Waals surface area contributed by atoms with E-state index in [-0.39, 0.29) is 11.4 Å². The number of nitrogens with one attached hydrogen (secondary N) is 1. The SMILES string of the molecule is CCCc1cc(=O)[nH]c(Cc2ccccc2F)n1. The highest BCUT2D eigenvalue weighted by Crippen LogP contribution is 2.10. The van der Waals surface area contributed by atoms with Gasteiger partial charge in [0.2, 0.25) is 0 Å². The maximum absolute atomic E-state index is 13.5. The van der Waals surface area contributed by atoms with Gasteiger partial charge in [0, 0.05) is 18.2 Å². The number of halogens is 1. The number of aromatic nitrogens is 2. The second-order valence-corrected chi connectivity index (χ2v) is 4.20. The Hall–Kier alpha value is -1.97. The summed E-state index contributed by atoms with van der Waals surface area (Å²) >= 11 is 0. The minimum atomic E-state index is -0.277. The predicted octanol–water partition coefficient (Wildman–Crippen LogP) is 2.45. The molecule has 0 aliphatic heterocycles. The van der Waals surface area contributed by atoms with E-state index in [0.717, 1.165) is 18.5 Å². The molecular formula is C14H15FN2O. The molecule has 1 N–H and O–H groups in total. The summed E-state index contributed by atoms with van der Waals surface area (Å²) < 4.78 is 13.5. The summed E-state index contributed by atoms with van der Waals surface area (Å²) in [6.45, 7) is 2.03. The van der Waals surface area contributed by atoms with Crippen molar-refractivity contribution in [3.63, 3.8) is 0 Å². The van der Waals surface area contributed by atoms with E-state index in [1.54, 1.807) is 18.2 Å². The summed E-state index contributed by atoms with van der Waals surface area (Å²) in [5, 5.41) is 0. The molecule has 0 spiro atoms. The van der Waals surface area contributed by atoms with E-state index in [1.807, 2.05) is 6.92 Å². The van der Waals surface area contributed by atoms with Gasteiger partial charge < -0.3 is 4.98 Å². The van der Waals surface area contributed by atoms with Crippen molar-refractivity contribution in [2.45, 2.75) is 26.2 Å². The smallest absolute Gasteiger partial charge is 0.251 e. The van der Waals surface area contributed by atoms with E-state index < -0.39 is 0 Å². The van der Waals surface area contributed by atoms with Crippen LogP contribution in [-0.2, 0) is 12.8 Å². The Balaban J connectivity index is 2.29. The van der Waals surface area contributed by atoms with E-state index in [2.05, 4.69) is 9.97 Å². The Kier molecular flexibility index (Phi) is 3.87. The lowest BCUT2D eigenvalue weighted by atomic mass is 10.1. The lowest BCUT2D eigenvalue weighted by Crippen LogP contribution is -2.13. The van der Waals surface area contributed by atoms with Crippen molar-refractivity contribution in [3.8, 4) is 0 Å². The van der Waals surface area contributed by atoms with Gasteiger partial charge in [-0.3, -0.25) is 4.79 Å². The molecule has 0 radical (unpaired) electrons. The van der Waals surface area contributed by atoms with Crippen molar-refractivity contribution in [1.82, 2.24) is 9.97 Å². The molecule has 2 aromatic rings. The summed E-state index contributed by atoms with van der Waals surface area (Å²) in [7, 11) is 0. The number of H-pyrrole nitrogens is 1. The second-order valence-electron chi connectivity index (χ2n) is 4.20. The highest BCUT2D eigenvalue weighted by Gasteiger charge is 2.05. The Bertz CT molecular complexity index is 592. The van der Waals surface area contributed by atoms with Gasteiger partial charge in [-0.2, -0.15) is 0 Å². The monoisotopic (exact) mass is 246 g/mol. The van der Waals surface area contributed by atoms with Crippen LogP contribution in [-0.4, -0.2) is 9.97 Å².